The number of phenols is 1. The number of benzene rings is 2. The summed E-state index contributed by atoms with van der Waals surface area (Å²) >= 11 is 0. The molecule has 0 saturated heterocycles. The van der Waals surface area contributed by atoms with Crippen molar-refractivity contribution >= 4 is 29.2 Å². The lowest BCUT2D eigenvalue weighted by Gasteiger charge is -2.46. The van der Waals surface area contributed by atoms with Crippen molar-refractivity contribution in [2.45, 2.75) is 31.4 Å². The van der Waals surface area contributed by atoms with E-state index < -0.39 is 64.4 Å². The third-order valence-electron chi connectivity index (χ3n) is 7.78. The second-order valence-electron chi connectivity index (χ2n) is 9.78. The molecule has 0 aliphatic heterocycles. The number of aliphatic hydroxyl groups is 3. The van der Waals surface area contributed by atoms with Gasteiger partial charge in [-0.05, 0) is 53.6 Å². The Bertz CT molecular complexity index is 1540. The highest BCUT2D eigenvalue weighted by molar-refractivity contribution is 6.22. The first-order valence-corrected chi connectivity index (χ1v) is 11.8. The fraction of sp³-hybridized carbons (Fsp3) is 0.259. The minimum absolute atomic E-state index is 0.0148. The second-order valence-corrected chi connectivity index (χ2v) is 9.78. The van der Waals surface area contributed by atoms with Gasteiger partial charge in [-0.1, -0.05) is 12.1 Å². The maximum atomic E-state index is 13.7. The van der Waals surface area contributed by atoms with Gasteiger partial charge in [0.2, 0.25) is 5.78 Å². The number of aromatic hydroxyl groups is 1. The van der Waals surface area contributed by atoms with E-state index in [1.807, 2.05) is 0 Å². The highest BCUT2D eigenvalue weighted by Gasteiger charge is 2.60. The van der Waals surface area contributed by atoms with Crippen molar-refractivity contribution in [1.29, 1.82) is 0 Å². The normalized spacial score (nSPS) is 24.6. The average molecular weight is 520 g/mol. The number of carbonyl (C=O) groups is 4. The molecule has 11 heteroatoms. The minimum atomic E-state index is -2.66. The van der Waals surface area contributed by atoms with Crippen LogP contribution in [0.3, 0.4) is 0 Å². The Kier molecular flexibility index (Phi) is 5.66. The quantitative estimate of drug-likeness (QED) is 0.286. The minimum Gasteiger partial charge on any atom is -0.508 e. The van der Waals surface area contributed by atoms with E-state index in [1.54, 1.807) is 18.2 Å². The molecular formula is C27H24N2O9. The number of fused-ring (bicyclic) bond motifs is 3. The zero-order valence-corrected chi connectivity index (χ0v) is 19.9. The van der Waals surface area contributed by atoms with E-state index in [2.05, 4.69) is 0 Å². The van der Waals surface area contributed by atoms with Crippen LogP contribution in [0.5, 0.6) is 5.75 Å². The van der Waals surface area contributed by atoms with Crippen LogP contribution in [0.1, 0.15) is 39.9 Å². The Balaban J connectivity index is 1.75. The molecule has 5 rings (SSSR count). The van der Waals surface area contributed by atoms with E-state index in [0.29, 0.717) is 16.7 Å². The SMILES string of the molecule is NCc1cc(-c2cccc(C(=O)O)c2)c2c(c1O)C(O)=C1C(=O)[C@]3(O)C(O)=C(C(N)=O)C(=O)C[C@@H]3C[C@@H]1C2. The van der Waals surface area contributed by atoms with E-state index in [1.165, 1.54) is 12.1 Å². The lowest BCUT2D eigenvalue weighted by molar-refractivity contribution is -0.147. The molecule has 2 aromatic carbocycles. The summed E-state index contributed by atoms with van der Waals surface area (Å²) in [6, 6.07) is 7.65. The molecule has 11 nitrogen and oxygen atoms in total. The number of aromatic carboxylic acids is 1. The van der Waals surface area contributed by atoms with Crippen LogP contribution in [-0.2, 0) is 27.3 Å². The van der Waals surface area contributed by atoms with Gasteiger partial charge in [0.1, 0.15) is 22.8 Å². The molecule has 1 fully saturated rings. The third kappa shape index (κ3) is 3.36. The number of carboxylic acid groups (broad SMARTS) is 1. The van der Waals surface area contributed by atoms with Crippen molar-refractivity contribution in [2.24, 2.45) is 23.3 Å². The Hall–Kier alpha value is -4.48. The number of carbonyl (C=O) groups excluding carboxylic acids is 3. The largest absolute Gasteiger partial charge is 0.508 e. The van der Waals surface area contributed by atoms with Gasteiger partial charge in [-0.25, -0.2) is 4.79 Å². The summed E-state index contributed by atoms with van der Waals surface area (Å²) in [4.78, 5) is 49.5. The molecule has 1 saturated carbocycles. The molecule has 38 heavy (non-hydrogen) atoms. The number of hydrogen-bond acceptors (Lipinski definition) is 9. The van der Waals surface area contributed by atoms with Gasteiger partial charge in [-0.15, -0.1) is 0 Å². The van der Waals surface area contributed by atoms with Crippen LogP contribution >= 0.6 is 0 Å². The summed E-state index contributed by atoms with van der Waals surface area (Å²) in [5.41, 5.74) is 8.76. The molecule has 196 valence electrons. The van der Waals surface area contributed by atoms with Crippen LogP contribution in [0.2, 0.25) is 0 Å². The van der Waals surface area contributed by atoms with Crippen LogP contribution in [0, 0.1) is 11.8 Å². The van der Waals surface area contributed by atoms with Crippen molar-refractivity contribution < 1.29 is 44.7 Å². The first kappa shape index (κ1) is 25.2. The summed E-state index contributed by atoms with van der Waals surface area (Å²) in [5, 5.41) is 53.8. The standard InChI is InChI=1S/C27H24N2O9/c28-9-13-7-15(10-2-1-3-11(4-10)26(36)37)16-6-12-5-14-8-17(30)20(25(29)35)24(34)27(14,38)23(33)18(12)22(32)19(16)21(13)31/h1-4,7,12,14,31-32,34,38H,5-6,8-9,28H2,(H2,29,35)(H,36,37)/t12-,14+,27+/m1/s1. The first-order chi connectivity index (χ1) is 17.9. The Morgan fingerprint density at radius 3 is 2.42 bits per heavy atom. The van der Waals surface area contributed by atoms with E-state index >= 15 is 0 Å². The molecule has 9 N–H and O–H groups in total. The van der Waals surface area contributed by atoms with E-state index in [-0.39, 0.29) is 47.4 Å². The molecule has 3 aliphatic rings. The molecule has 3 atom stereocenters. The lowest BCUT2D eigenvalue weighted by Crippen LogP contribution is -2.58. The molecule has 0 unspecified atom stereocenters. The predicted molar refractivity (Wildman–Crippen MR) is 132 cm³/mol. The molecule has 1 amide bonds. The first-order valence-electron chi connectivity index (χ1n) is 11.8. The summed E-state index contributed by atoms with van der Waals surface area (Å²) in [6.45, 7) is -0.148. The predicted octanol–water partition coefficient (Wildman–Crippen LogP) is 1.25. The number of hydrogen-bond donors (Lipinski definition) is 7. The van der Waals surface area contributed by atoms with E-state index in [0.717, 1.165) is 0 Å². The topological polar surface area (TPSA) is 221 Å². The number of carboxylic acids is 1. The van der Waals surface area contributed by atoms with Gasteiger partial charge in [0.15, 0.2) is 11.4 Å². The van der Waals surface area contributed by atoms with Crippen LogP contribution in [0.15, 0.2) is 47.2 Å². The van der Waals surface area contributed by atoms with Gasteiger partial charge >= 0.3 is 5.97 Å². The molecule has 0 radical (unpaired) electrons. The number of Topliss-reactive ketones (excluding diaryl/α,β-unsaturated/α-hetero) is 2. The molecule has 0 aromatic heterocycles. The molecule has 0 spiro atoms. The molecule has 3 aliphatic carbocycles. The van der Waals surface area contributed by atoms with Gasteiger partial charge in [0.05, 0.1) is 11.1 Å². The smallest absolute Gasteiger partial charge is 0.335 e. The van der Waals surface area contributed by atoms with Crippen molar-refractivity contribution in [2.75, 3.05) is 0 Å². The highest BCUT2D eigenvalue weighted by atomic mass is 16.4. The fourth-order valence-electron chi connectivity index (χ4n) is 5.98. The van der Waals surface area contributed by atoms with Gasteiger partial charge < -0.3 is 37.0 Å². The van der Waals surface area contributed by atoms with Crippen LogP contribution < -0.4 is 11.5 Å². The molecule has 0 heterocycles. The highest BCUT2D eigenvalue weighted by Crippen LogP contribution is 2.53. The monoisotopic (exact) mass is 520 g/mol. The summed E-state index contributed by atoms with van der Waals surface area (Å²) in [5.74, 6) is -8.33. The Labute approximate surface area is 215 Å². The van der Waals surface area contributed by atoms with Crippen molar-refractivity contribution in [3.05, 3.63) is 69.5 Å². The maximum Gasteiger partial charge on any atom is 0.335 e. The van der Waals surface area contributed by atoms with Gasteiger partial charge in [0.25, 0.3) is 5.91 Å². The maximum absolute atomic E-state index is 13.7. The number of primary amides is 1. The zero-order valence-electron chi connectivity index (χ0n) is 19.9. The summed E-state index contributed by atoms with van der Waals surface area (Å²) in [7, 11) is 0. The van der Waals surface area contributed by atoms with Crippen LogP contribution in [0.4, 0.5) is 0 Å². The number of nitrogens with two attached hydrogens (primary N) is 2. The number of amides is 1. The molecule has 0 bridgehead atoms. The van der Waals surface area contributed by atoms with Crippen molar-refractivity contribution in [3.63, 3.8) is 0 Å². The average Bonchev–Trinajstić information content (AvgIpc) is 2.86. The van der Waals surface area contributed by atoms with Gasteiger partial charge in [-0.3, -0.25) is 14.4 Å². The van der Waals surface area contributed by atoms with Crippen molar-refractivity contribution in [1.82, 2.24) is 0 Å². The molecule has 2 aromatic rings. The Morgan fingerprint density at radius 2 is 1.79 bits per heavy atom. The van der Waals surface area contributed by atoms with Gasteiger partial charge in [0, 0.05) is 30.0 Å². The molecular weight excluding hydrogens is 496 g/mol. The van der Waals surface area contributed by atoms with E-state index in [4.69, 9.17) is 11.5 Å². The third-order valence-corrected chi connectivity index (χ3v) is 7.78. The van der Waals surface area contributed by atoms with E-state index in [9.17, 15) is 44.7 Å². The number of ketones is 2. The number of phenolic OH excluding ortho intramolecular Hbond substituents is 1. The number of rotatable bonds is 4. The lowest BCUT2D eigenvalue weighted by atomic mass is 9.59. The summed E-state index contributed by atoms with van der Waals surface area (Å²) in [6.07, 6.45) is -0.358. The van der Waals surface area contributed by atoms with Crippen LogP contribution in [-0.4, -0.2) is 54.6 Å². The van der Waals surface area contributed by atoms with Gasteiger partial charge in [-0.2, -0.15) is 0 Å². The fourth-order valence-corrected chi connectivity index (χ4v) is 5.98. The summed E-state index contributed by atoms with van der Waals surface area (Å²) < 4.78 is 0. The number of aliphatic hydroxyl groups excluding tert-OH is 2. The van der Waals surface area contributed by atoms with Crippen molar-refractivity contribution in [3.8, 4) is 16.9 Å². The van der Waals surface area contributed by atoms with Crippen LogP contribution in [0.25, 0.3) is 16.9 Å². The Morgan fingerprint density at radius 1 is 1.08 bits per heavy atom. The zero-order chi connectivity index (χ0) is 27.7. The second kappa shape index (κ2) is 8.54.